The van der Waals surface area contributed by atoms with Gasteiger partial charge in [0.25, 0.3) is 5.91 Å². The Morgan fingerprint density at radius 1 is 1.50 bits per heavy atom. The molecule has 0 fully saturated rings. The lowest BCUT2D eigenvalue weighted by molar-refractivity contribution is 0.0754. The Hall–Kier alpha value is -1.42. The van der Waals surface area contributed by atoms with Crippen LogP contribution in [0.15, 0.2) is 18.3 Å². The summed E-state index contributed by atoms with van der Waals surface area (Å²) in [7, 11) is 0. The number of pyridine rings is 1. The maximum atomic E-state index is 12.0. The van der Waals surface area contributed by atoms with Crippen molar-refractivity contribution < 1.29 is 9.90 Å². The summed E-state index contributed by atoms with van der Waals surface area (Å²) in [5.41, 5.74) is 1.50. The lowest BCUT2D eigenvalue weighted by Crippen LogP contribution is -2.32. The molecule has 0 radical (unpaired) electrons. The Morgan fingerprint density at radius 3 is 2.75 bits per heavy atom. The Bertz CT molecular complexity index is 335. The van der Waals surface area contributed by atoms with E-state index in [9.17, 15) is 4.79 Å². The average molecular weight is 222 g/mol. The molecule has 0 unspecified atom stereocenters. The smallest absolute Gasteiger partial charge is 0.255 e. The molecule has 4 nitrogen and oxygen atoms in total. The lowest BCUT2D eigenvalue weighted by Gasteiger charge is -2.20. The van der Waals surface area contributed by atoms with Crippen molar-refractivity contribution in [3.63, 3.8) is 0 Å². The van der Waals surface area contributed by atoms with Gasteiger partial charge in [0.05, 0.1) is 5.56 Å². The van der Waals surface area contributed by atoms with Crippen LogP contribution in [-0.4, -0.2) is 40.6 Å². The maximum Gasteiger partial charge on any atom is 0.255 e. The summed E-state index contributed by atoms with van der Waals surface area (Å²) < 4.78 is 0. The Morgan fingerprint density at radius 2 is 2.25 bits per heavy atom. The number of aliphatic hydroxyl groups is 1. The molecule has 88 valence electrons. The zero-order valence-corrected chi connectivity index (χ0v) is 9.81. The molecule has 0 saturated heterocycles. The molecule has 1 aromatic rings. The van der Waals surface area contributed by atoms with E-state index in [0.29, 0.717) is 25.1 Å². The van der Waals surface area contributed by atoms with Crippen LogP contribution in [0.1, 0.15) is 29.4 Å². The molecule has 0 aromatic carbocycles. The van der Waals surface area contributed by atoms with Gasteiger partial charge in [-0.25, -0.2) is 0 Å². The molecule has 0 spiro atoms. The number of carbonyl (C=O) groups is 1. The molecule has 0 aliphatic carbocycles. The summed E-state index contributed by atoms with van der Waals surface area (Å²) in [6, 6.07) is 3.61. The molecule has 0 aliphatic heterocycles. The van der Waals surface area contributed by atoms with Gasteiger partial charge in [-0.1, -0.05) is 0 Å². The lowest BCUT2D eigenvalue weighted by atomic mass is 10.2. The quantitative estimate of drug-likeness (QED) is 0.815. The molecule has 0 bridgehead atoms. The van der Waals surface area contributed by atoms with Gasteiger partial charge in [-0.3, -0.25) is 9.78 Å². The number of aryl methyl sites for hydroxylation is 1. The highest BCUT2D eigenvalue weighted by Gasteiger charge is 2.13. The first kappa shape index (κ1) is 12.6. The van der Waals surface area contributed by atoms with Crippen LogP contribution in [0, 0.1) is 6.92 Å². The molecule has 1 aromatic heterocycles. The number of amides is 1. The summed E-state index contributed by atoms with van der Waals surface area (Å²) in [4.78, 5) is 17.8. The number of hydrogen-bond acceptors (Lipinski definition) is 3. The molecule has 0 atom stereocenters. The minimum atomic E-state index is -0.0246. The van der Waals surface area contributed by atoms with Gasteiger partial charge in [-0.2, -0.15) is 0 Å². The first-order valence-electron chi connectivity index (χ1n) is 5.51. The summed E-state index contributed by atoms with van der Waals surface area (Å²) in [5.74, 6) is -0.0246. The molecule has 1 heterocycles. The first-order valence-corrected chi connectivity index (χ1v) is 5.51. The Kier molecular flexibility index (Phi) is 4.92. The first-order chi connectivity index (χ1) is 7.69. The van der Waals surface area contributed by atoms with E-state index in [2.05, 4.69) is 4.98 Å². The van der Waals surface area contributed by atoms with Gasteiger partial charge in [-0.15, -0.1) is 0 Å². The minimum absolute atomic E-state index is 0.0246. The standard InChI is InChI=1S/C12H18N2O2/c1-3-14(7-4-8-15)12(16)11-6-5-10(2)13-9-11/h5-6,9,15H,3-4,7-8H2,1-2H3. The van der Waals surface area contributed by atoms with Gasteiger partial charge in [0.1, 0.15) is 0 Å². The number of aliphatic hydroxyl groups excluding tert-OH is 1. The van der Waals surface area contributed by atoms with Gasteiger partial charge >= 0.3 is 0 Å². The average Bonchev–Trinajstić information content (AvgIpc) is 2.30. The highest BCUT2D eigenvalue weighted by Crippen LogP contribution is 2.05. The normalized spacial score (nSPS) is 10.2. The fourth-order valence-electron chi connectivity index (χ4n) is 1.44. The van der Waals surface area contributed by atoms with Crippen LogP contribution in [0.5, 0.6) is 0 Å². The number of nitrogens with zero attached hydrogens (tertiary/aromatic N) is 2. The minimum Gasteiger partial charge on any atom is -0.396 e. The van der Waals surface area contributed by atoms with Gasteiger partial charge in [0, 0.05) is 31.6 Å². The van der Waals surface area contributed by atoms with E-state index in [4.69, 9.17) is 5.11 Å². The molecular weight excluding hydrogens is 204 g/mol. The van der Waals surface area contributed by atoms with E-state index in [1.54, 1.807) is 17.2 Å². The van der Waals surface area contributed by atoms with Gasteiger partial charge in [0.2, 0.25) is 0 Å². The van der Waals surface area contributed by atoms with Crippen LogP contribution >= 0.6 is 0 Å². The Labute approximate surface area is 95.9 Å². The highest BCUT2D eigenvalue weighted by molar-refractivity contribution is 5.93. The summed E-state index contributed by atoms with van der Waals surface area (Å²) >= 11 is 0. The van der Waals surface area contributed by atoms with Crippen LogP contribution in [0.4, 0.5) is 0 Å². The zero-order chi connectivity index (χ0) is 12.0. The third-order valence-corrected chi connectivity index (χ3v) is 2.41. The predicted molar refractivity (Wildman–Crippen MR) is 62.3 cm³/mol. The fraction of sp³-hybridized carbons (Fsp3) is 0.500. The molecule has 4 heteroatoms. The topological polar surface area (TPSA) is 53.4 Å². The molecule has 1 N–H and O–H groups in total. The van der Waals surface area contributed by atoms with Crippen molar-refractivity contribution in [1.29, 1.82) is 0 Å². The highest BCUT2D eigenvalue weighted by atomic mass is 16.3. The summed E-state index contributed by atoms with van der Waals surface area (Å²) in [6.45, 7) is 5.15. The van der Waals surface area contributed by atoms with Crippen LogP contribution in [-0.2, 0) is 0 Å². The maximum absolute atomic E-state index is 12.0. The largest absolute Gasteiger partial charge is 0.396 e. The van der Waals surface area contributed by atoms with Gasteiger partial charge < -0.3 is 10.0 Å². The molecule has 1 rings (SSSR count). The van der Waals surface area contributed by atoms with Crippen molar-refractivity contribution in [3.05, 3.63) is 29.6 Å². The number of hydrogen-bond donors (Lipinski definition) is 1. The van der Waals surface area contributed by atoms with E-state index < -0.39 is 0 Å². The van der Waals surface area contributed by atoms with Crippen LogP contribution < -0.4 is 0 Å². The summed E-state index contributed by atoms with van der Waals surface area (Å²) in [5, 5.41) is 8.75. The third-order valence-electron chi connectivity index (χ3n) is 2.41. The molecule has 1 amide bonds. The zero-order valence-electron chi connectivity index (χ0n) is 9.81. The van der Waals surface area contributed by atoms with Crippen molar-refractivity contribution in [3.8, 4) is 0 Å². The number of rotatable bonds is 5. The monoisotopic (exact) mass is 222 g/mol. The third kappa shape index (κ3) is 3.31. The van der Waals surface area contributed by atoms with Crippen LogP contribution in [0.25, 0.3) is 0 Å². The van der Waals surface area contributed by atoms with Crippen LogP contribution in [0.2, 0.25) is 0 Å². The molecule has 0 aliphatic rings. The molecule has 0 saturated carbocycles. The SMILES string of the molecule is CCN(CCCO)C(=O)c1ccc(C)nc1. The fourth-order valence-corrected chi connectivity index (χ4v) is 1.44. The van der Waals surface area contributed by atoms with E-state index in [1.165, 1.54) is 0 Å². The van der Waals surface area contributed by atoms with Crippen molar-refractivity contribution in [2.24, 2.45) is 0 Å². The number of carbonyl (C=O) groups excluding carboxylic acids is 1. The number of aromatic nitrogens is 1. The van der Waals surface area contributed by atoms with E-state index in [-0.39, 0.29) is 12.5 Å². The molecular formula is C12H18N2O2. The van der Waals surface area contributed by atoms with Crippen LogP contribution in [0.3, 0.4) is 0 Å². The van der Waals surface area contributed by atoms with Crippen molar-refractivity contribution in [2.75, 3.05) is 19.7 Å². The van der Waals surface area contributed by atoms with E-state index in [0.717, 1.165) is 5.69 Å². The second-order valence-electron chi connectivity index (χ2n) is 3.65. The van der Waals surface area contributed by atoms with Crippen molar-refractivity contribution in [1.82, 2.24) is 9.88 Å². The Balaban J connectivity index is 2.70. The molecule has 16 heavy (non-hydrogen) atoms. The van der Waals surface area contributed by atoms with Crippen molar-refractivity contribution >= 4 is 5.91 Å². The second kappa shape index (κ2) is 6.23. The second-order valence-corrected chi connectivity index (χ2v) is 3.65. The predicted octanol–water partition coefficient (Wildman–Crippen LogP) is 1.23. The summed E-state index contributed by atoms with van der Waals surface area (Å²) in [6.07, 6.45) is 2.21. The van der Waals surface area contributed by atoms with Gasteiger partial charge in [-0.05, 0) is 32.4 Å². The van der Waals surface area contributed by atoms with Gasteiger partial charge in [0.15, 0.2) is 0 Å². The van der Waals surface area contributed by atoms with E-state index in [1.807, 2.05) is 19.9 Å². The van der Waals surface area contributed by atoms with Crippen molar-refractivity contribution in [2.45, 2.75) is 20.3 Å². The van der Waals surface area contributed by atoms with E-state index >= 15 is 0 Å².